The summed E-state index contributed by atoms with van der Waals surface area (Å²) in [6.45, 7) is 2.82. The zero-order valence-electron chi connectivity index (χ0n) is 16.0. The fourth-order valence-electron chi connectivity index (χ4n) is 2.64. The van der Waals surface area contributed by atoms with E-state index in [9.17, 15) is 4.79 Å². The van der Waals surface area contributed by atoms with Crippen LogP contribution in [0.25, 0.3) is 0 Å². The van der Waals surface area contributed by atoms with Gasteiger partial charge in [-0.15, -0.1) is 0 Å². The average molecular weight is 453 g/mol. The number of nitrogens with zero attached hydrogens (tertiary/aromatic N) is 1. The van der Waals surface area contributed by atoms with Crippen molar-refractivity contribution in [2.45, 2.75) is 13.5 Å². The summed E-state index contributed by atoms with van der Waals surface area (Å²) in [5, 5.41) is 4.05. The maximum atomic E-state index is 12.4. The van der Waals surface area contributed by atoms with Crippen LogP contribution in [0.4, 0.5) is 0 Å². The van der Waals surface area contributed by atoms with Crippen molar-refractivity contribution in [2.24, 2.45) is 5.10 Å². The van der Waals surface area contributed by atoms with Crippen molar-refractivity contribution in [2.75, 3.05) is 6.61 Å². The van der Waals surface area contributed by atoms with E-state index in [2.05, 4.69) is 26.5 Å². The molecule has 3 rings (SSSR count). The maximum Gasteiger partial charge on any atom is 0.275 e. The summed E-state index contributed by atoms with van der Waals surface area (Å²) in [6, 6.07) is 22.5. The Labute approximate surface area is 178 Å². The molecule has 0 radical (unpaired) electrons. The molecule has 29 heavy (non-hydrogen) atoms. The second kappa shape index (κ2) is 10.4. The quantitative estimate of drug-likeness (QED) is 0.377. The molecule has 148 valence electrons. The molecule has 0 saturated heterocycles. The van der Waals surface area contributed by atoms with Gasteiger partial charge < -0.3 is 9.47 Å². The number of rotatable bonds is 8. The molecule has 6 heteroatoms. The van der Waals surface area contributed by atoms with E-state index in [1.807, 2.05) is 61.5 Å². The highest BCUT2D eigenvalue weighted by atomic mass is 79.9. The van der Waals surface area contributed by atoms with Crippen LogP contribution in [0.1, 0.15) is 28.4 Å². The van der Waals surface area contributed by atoms with Gasteiger partial charge in [-0.3, -0.25) is 4.79 Å². The number of ether oxygens (including phenoxy) is 2. The summed E-state index contributed by atoms with van der Waals surface area (Å²) >= 11 is 3.45. The monoisotopic (exact) mass is 452 g/mol. The van der Waals surface area contributed by atoms with Crippen LogP contribution in [-0.2, 0) is 6.61 Å². The van der Waals surface area contributed by atoms with Gasteiger partial charge in [0.2, 0.25) is 0 Å². The number of hydrogen-bond donors (Lipinski definition) is 1. The lowest BCUT2D eigenvalue weighted by atomic mass is 10.2. The molecule has 3 aromatic rings. The van der Waals surface area contributed by atoms with E-state index in [0.29, 0.717) is 24.5 Å². The Morgan fingerprint density at radius 2 is 1.86 bits per heavy atom. The second-order valence-electron chi connectivity index (χ2n) is 6.12. The first-order chi connectivity index (χ1) is 14.2. The molecule has 0 fully saturated rings. The minimum Gasteiger partial charge on any atom is -0.493 e. The molecule has 0 heterocycles. The standard InChI is InChI=1S/C23H21BrN2O3/c1-2-28-22-12-4-3-11-21(22)23(27)26-25-15-17-7-6-10-20(14-17)29-16-18-8-5-9-19(24)13-18/h3-15H,2,16H2,1H3,(H,26,27)/b25-15-. The van der Waals surface area contributed by atoms with Crippen molar-refractivity contribution in [3.8, 4) is 11.5 Å². The molecule has 1 amide bonds. The molecule has 0 spiro atoms. The number of benzene rings is 3. The van der Waals surface area contributed by atoms with Gasteiger partial charge in [-0.1, -0.05) is 52.3 Å². The Hall–Kier alpha value is -3.12. The highest BCUT2D eigenvalue weighted by Gasteiger charge is 2.10. The van der Waals surface area contributed by atoms with Gasteiger partial charge in [0.25, 0.3) is 5.91 Å². The zero-order chi connectivity index (χ0) is 20.5. The van der Waals surface area contributed by atoms with Gasteiger partial charge in [0.05, 0.1) is 18.4 Å². The molecule has 0 aromatic heterocycles. The van der Waals surface area contributed by atoms with E-state index in [-0.39, 0.29) is 5.91 Å². The Kier molecular flexibility index (Phi) is 7.41. The van der Waals surface area contributed by atoms with Crippen LogP contribution < -0.4 is 14.9 Å². The van der Waals surface area contributed by atoms with Crippen LogP contribution in [0, 0.1) is 0 Å². The van der Waals surface area contributed by atoms with Gasteiger partial charge in [0.1, 0.15) is 18.1 Å². The fourth-order valence-corrected chi connectivity index (χ4v) is 3.09. The summed E-state index contributed by atoms with van der Waals surface area (Å²) in [6.07, 6.45) is 1.58. The third kappa shape index (κ3) is 6.19. The van der Waals surface area contributed by atoms with Crippen LogP contribution in [0.3, 0.4) is 0 Å². The molecular formula is C23H21BrN2O3. The van der Waals surface area contributed by atoms with Crippen molar-refractivity contribution < 1.29 is 14.3 Å². The minimum atomic E-state index is -0.327. The number of carbonyl (C=O) groups is 1. The number of halogens is 1. The molecule has 0 aliphatic carbocycles. The highest BCUT2D eigenvalue weighted by molar-refractivity contribution is 9.10. The van der Waals surface area contributed by atoms with E-state index in [1.54, 1.807) is 24.4 Å². The predicted molar refractivity (Wildman–Crippen MR) is 118 cm³/mol. The van der Waals surface area contributed by atoms with Crippen LogP contribution in [0.2, 0.25) is 0 Å². The second-order valence-corrected chi connectivity index (χ2v) is 7.04. The summed E-state index contributed by atoms with van der Waals surface area (Å²) in [5.41, 5.74) is 4.86. The Morgan fingerprint density at radius 3 is 2.69 bits per heavy atom. The first kappa shape index (κ1) is 20.6. The van der Waals surface area contributed by atoms with E-state index in [4.69, 9.17) is 9.47 Å². The third-order valence-corrected chi connectivity index (χ3v) is 4.46. The van der Waals surface area contributed by atoms with Crippen molar-refractivity contribution >= 4 is 28.1 Å². The predicted octanol–water partition coefficient (Wildman–Crippen LogP) is 5.19. The van der Waals surface area contributed by atoms with Gasteiger partial charge in [-0.25, -0.2) is 5.43 Å². The van der Waals surface area contributed by atoms with Crippen molar-refractivity contribution in [1.29, 1.82) is 0 Å². The molecule has 1 N–H and O–H groups in total. The van der Waals surface area contributed by atoms with E-state index < -0.39 is 0 Å². The molecule has 0 saturated carbocycles. The third-order valence-electron chi connectivity index (χ3n) is 3.96. The van der Waals surface area contributed by atoms with E-state index >= 15 is 0 Å². The van der Waals surface area contributed by atoms with Crippen molar-refractivity contribution in [3.63, 3.8) is 0 Å². The average Bonchev–Trinajstić information content (AvgIpc) is 2.73. The van der Waals surface area contributed by atoms with Crippen LogP contribution in [-0.4, -0.2) is 18.7 Å². The maximum absolute atomic E-state index is 12.4. The summed E-state index contributed by atoms with van der Waals surface area (Å²) in [7, 11) is 0. The number of amides is 1. The molecule has 0 unspecified atom stereocenters. The molecule has 5 nitrogen and oxygen atoms in total. The van der Waals surface area contributed by atoms with Crippen LogP contribution >= 0.6 is 15.9 Å². The molecule has 3 aromatic carbocycles. The van der Waals surface area contributed by atoms with E-state index in [1.165, 1.54) is 0 Å². The minimum absolute atomic E-state index is 0.327. The number of nitrogens with one attached hydrogen (secondary N) is 1. The lowest BCUT2D eigenvalue weighted by Gasteiger charge is -2.08. The lowest BCUT2D eigenvalue weighted by Crippen LogP contribution is -2.18. The van der Waals surface area contributed by atoms with Crippen molar-refractivity contribution in [1.82, 2.24) is 5.43 Å². The van der Waals surface area contributed by atoms with Crippen LogP contribution in [0.15, 0.2) is 82.4 Å². The first-order valence-corrected chi connectivity index (χ1v) is 9.97. The van der Waals surface area contributed by atoms with E-state index in [0.717, 1.165) is 21.3 Å². The Bertz CT molecular complexity index is 1000. The Balaban J connectivity index is 1.60. The fraction of sp³-hybridized carbons (Fsp3) is 0.130. The lowest BCUT2D eigenvalue weighted by molar-refractivity contribution is 0.0951. The summed E-state index contributed by atoms with van der Waals surface area (Å²) in [4.78, 5) is 12.4. The highest BCUT2D eigenvalue weighted by Crippen LogP contribution is 2.18. The smallest absolute Gasteiger partial charge is 0.275 e. The van der Waals surface area contributed by atoms with Crippen molar-refractivity contribution in [3.05, 3.63) is 94.0 Å². The SMILES string of the molecule is CCOc1ccccc1C(=O)N/N=C\c1cccc(OCc2cccc(Br)c2)c1. The number of carbonyl (C=O) groups excluding carboxylic acids is 1. The molecule has 0 aliphatic heterocycles. The van der Waals surface area contributed by atoms with Crippen LogP contribution in [0.5, 0.6) is 11.5 Å². The first-order valence-electron chi connectivity index (χ1n) is 9.18. The largest absolute Gasteiger partial charge is 0.493 e. The van der Waals surface area contributed by atoms with Gasteiger partial charge >= 0.3 is 0 Å². The summed E-state index contributed by atoms with van der Waals surface area (Å²) in [5.74, 6) is 0.931. The normalized spacial score (nSPS) is 10.7. The number of hydrazone groups is 1. The van der Waals surface area contributed by atoms with Gasteiger partial charge in [0.15, 0.2) is 0 Å². The molecule has 0 bridgehead atoms. The molecule has 0 aliphatic rings. The Morgan fingerprint density at radius 1 is 1.03 bits per heavy atom. The van der Waals surface area contributed by atoms with Gasteiger partial charge in [-0.05, 0) is 54.4 Å². The molecular weight excluding hydrogens is 432 g/mol. The van der Waals surface area contributed by atoms with Gasteiger partial charge in [-0.2, -0.15) is 5.10 Å². The molecule has 0 atom stereocenters. The number of hydrogen-bond acceptors (Lipinski definition) is 4. The number of para-hydroxylation sites is 1. The van der Waals surface area contributed by atoms with Gasteiger partial charge in [0, 0.05) is 4.47 Å². The summed E-state index contributed by atoms with van der Waals surface area (Å²) < 4.78 is 12.3. The zero-order valence-corrected chi connectivity index (χ0v) is 17.6. The topological polar surface area (TPSA) is 59.9 Å².